The van der Waals surface area contributed by atoms with Crippen LogP contribution in [0.25, 0.3) is 0 Å². The predicted octanol–water partition coefficient (Wildman–Crippen LogP) is 4.13. The maximum atomic E-state index is 11.3. The van der Waals surface area contributed by atoms with Crippen LogP contribution in [0.3, 0.4) is 0 Å². The summed E-state index contributed by atoms with van der Waals surface area (Å²) in [5.74, 6) is -0.290. The van der Waals surface area contributed by atoms with Crippen LogP contribution in [0.4, 0.5) is 11.4 Å². The van der Waals surface area contributed by atoms with Crippen LogP contribution in [0.5, 0.6) is 5.75 Å². The molecule has 0 fully saturated rings. The van der Waals surface area contributed by atoms with E-state index in [9.17, 15) is 14.9 Å². The number of nitro groups is 1. The highest BCUT2D eigenvalue weighted by atomic mass is 16.6. The highest BCUT2D eigenvalue weighted by molar-refractivity contribution is 5.87. The molecule has 0 aromatic heterocycles. The Bertz CT molecular complexity index is 952. The number of nitrogens with zero attached hydrogens (tertiary/aromatic N) is 1. The van der Waals surface area contributed by atoms with Crippen LogP contribution in [0.2, 0.25) is 0 Å². The smallest absolute Gasteiger partial charge is 0.335 e. The number of fused-ring (bicyclic) bond motifs is 3. The average molecular weight is 366 g/mol. The molecule has 3 atom stereocenters. The second kappa shape index (κ2) is 6.42. The summed E-state index contributed by atoms with van der Waals surface area (Å²) >= 11 is 0. The first-order valence-corrected chi connectivity index (χ1v) is 8.62. The minimum atomic E-state index is -0.960. The Kier molecular flexibility index (Phi) is 4.07. The van der Waals surface area contributed by atoms with Crippen LogP contribution in [0.1, 0.15) is 39.9 Å². The first kappa shape index (κ1) is 17.1. The molecule has 7 heteroatoms. The van der Waals surface area contributed by atoms with E-state index < -0.39 is 10.9 Å². The van der Waals surface area contributed by atoms with E-state index in [-0.39, 0.29) is 29.1 Å². The molecule has 1 aliphatic heterocycles. The molecule has 0 radical (unpaired) electrons. The molecule has 0 bridgehead atoms. The van der Waals surface area contributed by atoms with Crippen molar-refractivity contribution in [2.45, 2.75) is 18.4 Å². The second-order valence-corrected chi connectivity index (χ2v) is 6.77. The highest BCUT2D eigenvalue weighted by Crippen LogP contribution is 2.53. The van der Waals surface area contributed by atoms with Crippen molar-refractivity contribution in [2.24, 2.45) is 5.92 Å². The maximum absolute atomic E-state index is 11.3. The number of nitro benzene ring substituents is 1. The Balaban J connectivity index is 1.79. The van der Waals surface area contributed by atoms with Crippen molar-refractivity contribution in [2.75, 3.05) is 12.4 Å². The topological polar surface area (TPSA) is 102 Å². The van der Waals surface area contributed by atoms with Crippen LogP contribution in [-0.4, -0.2) is 23.1 Å². The molecular weight excluding hydrogens is 348 g/mol. The Morgan fingerprint density at radius 1 is 1.30 bits per heavy atom. The first-order chi connectivity index (χ1) is 13.0. The SMILES string of the molecule is COc1cc([N+](=O)[O-])cc2c1N[C@H](c1ccc(C(=O)O)cc1)C1CC=CC21. The maximum Gasteiger partial charge on any atom is 0.335 e. The van der Waals surface area contributed by atoms with Crippen molar-refractivity contribution < 1.29 is 19.6 Å². The van der Waals surface area contributed by atoms with Crippen molar-refractivity contribution in [3.8, 4) is 5.75 Å². The van der Waals surface area contributed by atoms with Crippen LogP contribution in [0, 0.1) is 16.0 Å². The number of benzene rings is 2. The third kappa shape index (κ3) is 2.81. The minimum absolute atomic E-state index is 0.00992. The number of methoxy groups -OCH3 is 1. The van der Waals surface area contributed by atoms with E-state index in [1.54, 1.807) is 18.2 Å². The number of anilines is 1. The van der Waals surface area contributed by atoms with E-state index in [4.69, 9.17) is 9.84 Å². The first-order valence-electron chi connectivity index (χ1n) is 8.62. The summed E-state index contributed by atoms with van der Waals surface area (Å²) < 4.78 is 5.42. The van der Waals surface area contributed by atoms with E-state index in [0.717, 1.165) is 23.2 Å². The molecule has 2 unspecified atom stereocenters. The van der Waals surface area contributed by atoms with E-state index in [1.807, 2.05) is 12.1 Å². The Hall–Kier alpha value is -3.35. The number of allylic oxidation sites excluding steroid dienone is 2. The normalized spacial score (nSPS) is 22.5. The van der Waals surface area contributed by atoms with Crippen LogP contribution in [-0.2, 0) is 0 Å². The van der Waals surface area contributed by atoms with Gasteiger partial charge in [0, 0.05) is 12.0 Å². The number of non-ortho nitro benzene ring substituents is 1. The molecule has 1 heterocycles. The molecular formula is C20H18N2O5. The van der Waals surface area contributed by atoms with Crippen molar-refractivity contribution in [3.05, 3.63) is 75.4 Å². The number of carboxylic acid groups (broad SMARTS) is 1. The number of aromatic carboxylic acids is 1. The van der Waals surface area contributed by atoms with Crippen LogP contribution < -0.4 is 10.1 Å². The summed E-state index contributed by atoms with van der Waals surface area (Å²) in [5, 5.41) is 23.9. The zero-order valence-corrected chi connectivity index (χ0v) is 14.6. The molecule has 2 aromatic rings. The summed E-state index contributed by atoms with van der Waals surface area (Å²) in [4.78, 5) is 22.0. The summed E-state index contributed by atoms with van der Waals surface area (Å²) in [6.07, 6.45) is 5.02. The lowest BCUT2D eigenvalue weighted by atomic mass is 9.76. The molecule has 2 aromatic carbocycles. The molecule has 0 saturated heterocycles. The Morgan fingerprint density at radius 2 is 2.04 bits per heavy atom. The Morgan fingerprint density at radius 3 is 2.67 bits per heavy atom. The van der Waals surface area contributed by atoms with E-state index in [2.05, 4.69) is 17.5 Å². The van der Waals surface area contributed by atoms with Gasteiger partial charge in [0.1, 0.15) is 5.75 Å². The lowest BCUT2D eigenvalue weighted by Crippen LogP contribution is -2.29. The minimum Gasteiger partial charge on any atom is -0.494 e. The molecule has 0 saturated carbocycles. The van der Waals surface area contributed by atoms with Gasteiger partial charge in [0.15, 0.2) is 0 Å². The fourth-order valence-electron chi connectivity index (χ4n) is 4.08. The van der Waals surface area contributed by atoms with Gasteiger partial charge in [-0.2, -0.15) is 0 Å². The third-order valence-corrected chi connectivity index (χ3v) is 5.36. The zero-order valence-electron chi connectivity index (χ0n) is 14.6. The molecule has 7 nitrogen and oxygen atoms in total. The lowest BCUT2D eigenvalue weighted by molar-refractivity contribution is -0.385. The van der Waals surface area contributed by atoms with Gasteiger partial charge < -0.3 is 15.2 Å². The van der Waals surface area contributed by atoms with Gasteiger partial charge in [0.2, 0.25) is 0 Å². The average Bonchev–Trinajstić information content (AvgIpc) is 3.16. The summed E-state index contributed by atoms with van der Waals surface area (Å²) in [6, 6.07) is 9.82. The molecule has 2 aliphatic rings. The molecule has 1 aliphatic carbocycles. The lowest BCUT2D eigenvalue weighted by Gasteiger charge is -2.38. The fraction of sp³-hybridized carbons (Fsp3) is 0.250. The van der Waals surface area contributed by atoms with E-state index in [1.165, 1.54) is 13.2 Å². The summed E-state index contributed by atoms with van der Waals surface area (Å²) in [7, 11) is 1.49. The van der Waals surface area contributed by atoms with Gasteiger partial charge in [0.05, 0.1) is 35.4 Å². The Labute approximate surface area is 155 Å². The molecule has 2 N–H and O–H groups in total. The largest absolute Gasteiger partial charge is 0.494 e. The van der Waals surface area contributed by atoms with Gasteiger partial charge in [-0.05, 0) is 35.6 Å². The van der Waals surface area contributed by atoms with E-state index in [0.29, 0.717) is 5.75 Å². The molecule has 0 spiro atoms. The van der Waals surface area contributed by atoms with Gasteiger partial charge in [-0.25, -0.2) is 4.79 Å². The number of carbonyl (C=O) groups is 1. The standard InChI is InChI=1S/C20H18N2O5/c1-27-17-10-13(22(25)26)9-16-14-3-2-4-15(14)18(21-19(16)17)11-5-7-12(8-6-11)20(23)24/h2-3,5-10,14-15,18,21H,4H2,1H3,(H,23,24)/t14?,15?,18-/m1/s1. The van der Waals surface area contributed by atoms with Gasteiger partial charge in [-0.1, -0.05) is 24.3 Å². The van der Waals surface area contributed by atoms with Crippen LogP contribution >= 0.6 is 0 Å². The summed E-state index contributed by atoms with van der Waals surface area (Å²) in [5.41, 5.74) is 2.84. The van der Waals surface area contributed by atoms with Gasteiger partial charge in [-0.3, -0.25) is 10.1 Å². The molecule has 27 heavy (non-hydrogen) atoms. The van der Waals surface area contributed by atoms with Crippen molar-refractivity contribution in [3.63, 3.8) is 0 Å². The predicted molar refractivity (Wildman–Crippen MR) is 99.4 cm³/mol. The van der Waals surface area contributed by atoms with Gasteiger partial charge in [0.25, 0.3) is 5.69 Å². The van der Waals surface area contributed by atoms with Gasteiger partial charge >= 0.3 is 5.97 Å². The second-order valence-electron chi connectivity index (χ2n) is 6.77. The summed E-state index contributed by atoms with van der Waals surface area (Å²) in [6.45, 7) is 0. The number of ether oxygens (including phenoxy) is 1. The van der Waals surface area contributed by atoms with Crippen LogP contribution in [0.15, 0.2) is 48.6 Å². The number of hydrogen-bond acceptors (Lipinski definition) is 5. The van der Waals surface area contributed by atoms with E-state index >= 15 is 0 Å². The number of carboxylic acids is 1. The fourth-order valence-corrected chi connectivity index (χ4v) is 4.08. The quantitative estimate of drug-likeness (QED) is 0.479. The molecule has 4 rings (SSSR count). The van der Waals surface area contributed by atoms with Crippen molar-refractivity contribution in [1.29, 1.82) is 0 Å². The number of nitrogens with one attached hydrogen (secondary N) is 1. The monoisotopic (exact) mass is 366 g/mol. The van der Waals surface area contributed by atoms with Crippen molar-refractivity contribution >= 4 is 17.3 Å². The highest BCUT2D eigenvalue weighted by Gasteiger charge is 2.40. The third-order valence-electron chi connectivity index (χ3n) is 5.36. The molecule has 0 amide bonds. The number of hydrogen-bond donors (Lipinski definition) is 2. The van der Waals surface area contributed by atoms with Gasteiger partial charge in [-0.15, -0.1) is 0 Å². The molecule has 138 valence electrons. The number of rotatable bonds is 4. The van der Waals surface area contributed by atoms with Crippen molar-refractivity contribution in [1.82, 2.24) is 0 Å². The zero-order chi connectivity index (χ0) is 19.1.